The third-order valence-corrected chi connectivity index (χ3v) is 7.06. The van der Waals surface area contributed by atoms with E-state index in [-0.39, 0.29) is 36.2 Å². The standard InChI is InChI=1S/C21H26N4O6S2/c1-32(28,29)12-5-13-33(30,31)25-21-20(22-17-7-2-3-8-18(17)23-21)24-19-14-16(27)10-9-15(19)6-4-11-26/h2-3,7-10,14,26-27H,4-6,11-13H2,1H3,(H,22,24)(H,23,25). The van der Waals surface area contributed by atoms with Crippen molar-refractivity contribution < 1.29 is 27.0 Å². The Balaban J connectivity index is 1.96. The number of hydrogen-bond acceptors (Lipinski definition) is 9. The van der Waals surface area contributed by atoms with Crippen molar-refractivity contribution in [3.8, 4) is 5.75 Å². The number of anilines is 3. The van der Waals surface area contributed by atoms with Gasteiger partial charge in [-0.05, 0) is 43.0 Å². The summed E-state index contributed by atoms with van der Waals surface area (Å²) in [5.74, 6) is -0.579. The Labute approximate surface area is 192 Å². The number of nitrogens with zero attached hydrogens (tertiary/aromatic N) is 2. The molecule has 0 atom stereocenters. The Hall–Kier alpha value is -2.96. The first kappa shape index (κ1) is 24.7. The normalized spacial score (nSPS) is 12.1. The molecule has 4 N–H and O–H groups in total. The molecule has 2 aromatic carbocycles. The molecule has 12 heteroatoms. The highest BCUT2D eigenvalue weighted by atomic mass is 32.2. The highest BCUT2D eigenvalue weighted by Crippen LogP contribution is 2.30. The van der Waals surface area contributed by atoms with E-state index in [0.29, 0.717) is 29.6 Å². The van der Waals surface area contributed by atoms with Crippen LogP contribution < -0.4 is 10.0 Å². The highest BCUT2D eigenvalue weighted by molar-refractivity contribution is 7.93. The van der Waals surface area contributed by atoms with Gasteiger partial charge >= 0.3 is 0 Å². The van der Waals surface area contributed by atoms with E-state index in [9.17, 15) is 21.9 Å². The molecule has 3 rings (SSSR count). The molecule has 178 valence electrons. The number of nitrogens with one attached hydrogen (secondary N) is 2. The average molecular weight is 495 g/mol. The molecule has 3 aromatic rings. The average Bonchev–Trinajstić information content (AvgIpc) is 2.72. The summed E-state index contributed by atoms with van der Waals surface area (Å²) in [4.78, 5) is 8.89. The van der Waals surface area contributed by atoms with Crippen LogP contribution in [0.25, 0.3) is 11.0 Å². The van der Waals surface area contributed by atoms with Crippen LogP contribution in [0.4, 0.5) is 17.3 Å². The number of aromatic hydroxyl groups is 1. The number of aliphatic hydroxyl groups is 1. The molecule has 0 unspecified atom stereocenters. The monoisotopic (exact) mass is 494 g/mol. The summed E-state index contributed by atoms with van der Waals surface area (Å²) < 4.78 is 50.3. The number of benzene rings is 2. The zero-order valence-electron chi connectivity index (χ0n) is 18.0. The molecule has 0 aliphatic carbocycles. The first-order chi connectivity index (χ1) is 15.6. The lowest BCUT2D eigenvalue weighted by Gasteiger charge is -2.16. The minimum absolute atomic E-state index is 0.00176. The van der Waals surface area contributed by atoms with Gasteiger partial charge in [0.15, 0.2) is 11.6 Å². The van der Waals surface area contributed by atoms with Gasteiger partial charge in [0.1, 0.15) is 15.6 Å². The van der Waals surface area contributed by atoms with Crippen LogP contribution in [0.5, 0.6) is 5.75 Å². The fourth-order valence-electron chi connectivity index (χ4n) is 3.16. The first-order valence-corrected chi connectivity index (χ1v) is 13.9. The summed E-state index contributed by atoms with van der Waals surface area (Å²) >= 11 is 0. The van der Waals surface area contributed by atoms with Gasteiger partial charge in [0.25, 0.3) is 0 Å². The SMILES string of the molecule is CS(=O)(=O)CCCS(=O)(=O)Nc1nc2ccccc2nc1Nc1cc(O)ccc1CCCO. The Morgan fingerprint density at radius 1 is 0.909 bits per heavy atom. The van der Waals surface area contributed by atoms with Crippen molar-refractivity contribution in [3.63, 3.8) is 0 Å². The van der Waals surface area contributed by atoms with Gasteiger partial charge in [0.05, 0.1) is 22.5 Å². The number of sulfone groups is 1. The number of sulfonamides is 1. The Morgan fingerprint density at radius 2 is 1.58 bits per heavy atom. The van der Waals surface area contributed by atoms with Crippen molar-refractivity contribution in [2.75, 3.05) is 34.4 Å². The number of para-hydroxylation sites is 2. The molecule has 0 bridgehead atoms. The molecule has 0 radical (unpaired) electrons. The van der Waals surface area contributed by atoms with Gasteiger partial charge < -0.3 is 15.5 Å². The van der Waals surface area contributed by atoms with Gasteiger partial charge in [0, 0.05) is 24.6 Å². The summed E-state index contributed by atoms with van der Waals surface area (Å²) in [6, 6.07) is 11.6. The van der Waals surface area contributed by atoms with E-state index in [1.54, 1.807) is 30.3 Å². The topological polar surface area (TPSA) is 159 Å². The van der Waals surface area contributed by atoms with Crippen molar-refractivity contribution in [1.29, 1.82) is 0 Å². The Kier molecular flexibility index (Phi) is 7.72. The van der Waals surface area contributed by atoms with Crippen molar-refractivity contribution >= 4 is 48.2 Å². The zero-order valence-corrected chi connectivity index (χ0v) is 19.7. The van der Waals surface area contributed by atoms with E-state index >= 15 is 0 Å². The van der Waals surface area contributed by atoms with Gasteiger partial charge in [-0.15, -0.1) is 0 Å². The highest BCUT2D eigenvalue weighted by Gasteiger charge is 2.18. The summed E-state index contributed by atoms with van der Waals surface area (Å²) in [6.45, 7) is -0.00533. The first-order valence-electron chi connectivity index (χ1n) is 10.2. The molecule has 0 aliphatic rings. The van der Waals surface area contributed by atoms with Gasteiger partial charge in [0.2, 0.25) is 10.0 Å². The second-order valence-corrected chi connectivity index (χ2v) is 11.7. The fraction of sp³-hybridized carbons (Fsp3) is 0.333. The van der Waals surface area contributed by atoms with Crippen LogP contribution in [0.2, 0.25) is 0 Å². The molecule has 0 fully saturated rings. The van der Waals surface area contributed by atoms with E-state index in [1.807, 2.05) is 0 Å². The van der Waals surface area contributed by atoms with Crippen LogP contribution in [-0.4, -0.2) is 61.4 Å². The number of rotatable bonds is 11. The van der Waals surface area contributed by atoms with E-state index in [2.05, 4.69) is 20.0 Å². The number of phenols is 1. The lowest BCUT2D eigenvalue weighted by molar-refractivity contribution is 0.288. The summed E-state index contributed by atoms with van der Waals surface area (Å²) in [5, 5.41) is 22.2. The molecule has 0 saturated heterocycles. The molecule has 0 amide bonds. The van der Waals surface area contributed by atoms with Crippen molar-refractivity contribution in [2.45, 2.75) is 19.3 Å². The Morgan fingerprint density at radius 3 is 2.21 bits per heavy atom. The van der Waals surface area contributed by atoms with Crippen LogP contribution in [-0.2, 0) is 26.3 Å². The zero-order chi connectivity index (χ0) is 24.1. The quantitative estimate of drug-likeness (QED) is 0.313. The van der Waals surface area contributed by atoms with Crippen molar-refractivity contribution in [1.82, 2.24) is 9.97 Å². The lowest BCUT2D eigenvalue weighted by Crippen LogP contribution is -2.20. The number of aryl methyl sites for hydroxylation is 1. The maximum absolute atomic E-state index is 12.6. The largest absolute Gasteiger partial charge is 0.508 e. The smallest absolute Gasteiger partial charge is 0.234 e. The summed E-state index contributed by atoms with van der Waals surface area (Å²) in [5.41, 5.74) is 2.27. The molecular weight excluding hydrogens is 468 g/mol. The maximum atomic E-state index is 12.6. The number of aliphatic hydroxyl groups excluding tert-OH is 1. The summed E-state index contributed by atoms with van der Waals surface area (Å²) in [6.07, 6.45) is 2.01. The number of hydrogen-bond donors (Lipinski definition) is 4. The fourth-order valence-corrected chi connectivity index (χ4v) is 5.08. The van der Waals surface area contributed by atoms with Crippen LogP contribution in [0.15, 0.2) is 42.5 Å². The van der Waals surface area contributed by atoms with E-state index in [1.165, 1.54) is 12.1 Å². The molecule has 0 spiro atoms. The minimum atomic E-state index is -3.91. The van der Waals surface area contributed by atoms with Crippen LogP contribution in [0.1, 0.15) is 18.4 Å². The molecule has 0 saturated carbocycles. The third-order valence-electron chi connectivity index (χ3n) is 4.70. The van der Waals surface area contributed by atoms with Gasteiger partial charge in [-0.3, -0.25) is 4.72 Å². The minimum Gasteiger partial charge on any atom is -0.508 e. The second-order valence-electron chi connectivity index (χ2n) is 7.61. The van der Waals surface area contributed by atoms with Crippen LogP contribution in [0, 0.1) is 0 Å². The predicted molar refractivity (Wildman–Crippen MR) is 128 cm³/mol. The molecule has 1 aromatic heterocycles. The second kappa shape index (κ2) is 10.3. The van der Waals surface area contributed by atoms with Gasteiger partial charge in [-0.25, -0.2) is 26.8 Å². The van der Waals surface area contributed by atoms with Gasteiger partial charge in [-0.1, -0.05) is 18.2 Å². The van der Waals surface area contributed by atoms with E-state index in [0.717, 1.165) is 11.8 Å². The predicted octanol–water partition coefficient (Wildman–Crippen LogP) is 2.18. The number of fused-ring (bicyclic) bond motifs is 1. The number of phenolic OH excluding ortho intramolecular Hbond substituents is 1. The molecule has 0 aliphatic heterocycles. The molecule has 33 heavy (non-hydrogen) atoms. The lowest BCUT2D eigenvalue weighted by atomic mass is 10.1. The van der Waals surface area contributed by atoms with Crippen LogP contribution in [0.3, 0.4) is 0 Å². The molecular formula is C21H26N4O6S2. The maximum Gasteiger partial charge on any atom is 0.234 e. The molecule has 10 nitrogen and oxygen atoms in total. The van der Waals surface area contributed by atoms with Crippen molar-refractivity contribution in [3.05, 3.63) is 48.0 Å². The summed E-state index contributed by atoms with van der Waals surface area (Å²) in [7, 11) is -7.20. The molecule has 1 heterocycles. The van der Waals surface area contributed by atoms with Crippen LogP contribution >= 0.6 is 0 Å². The van der Waals surface area contributed by atoms with Gasteiger partial charge in [-0.2, -0.15) is 0 Å². The van der Waals surface area contributed by atoms with E-state index < -0.39 is 25.6 Å². The Bertz CT molecular complexity index is 1340. The third kappa shape index (κ3) is 7.27. The van der Waals surface area contributed by atoms with E-state index in [4.69, 9.17) is 5.11 Å². The number of aromatic nitrogens is 2. The van der Waals surface area contributed by atoms with Crippen molar-refractivity contribution in [2.24, 2.45) is 0 Å².